The first-order valence-electron chi connectivity index (χ1n) is 9.06. The van der Waals surface area contributed by atoms with Crippen molar-refractivity contribution >= 4 is 23.1 Å². The number of rotatable bonds is 5. The van der Waals surface area contributed by atoms with E-state index >= 15 is 0 Å². The molecule has 0 spiro atoms. The van der Waals surface area contributed by atoms with Gasteiger partial charge in [0.05, 0.1) is 10.9 Å². The zero-order valence-electron chi connectivity index (χ0n) is 14.8. The molecular weight excluding hydrogens is 352 g/mol. The van der Waals surface area contributed by atoms with Crippen molar-refractivity contribution in [3.63, 3.8) is 0 Å². The fraction of sp³-hybridized carbons (Fsp3) is 0.130. The molecule has 4 rings (SSSR count). The molecule has 0 unspecified atom stereocenters. The number of H-pyrrole nitrogens is 1. The molecule has 3 aromatic carbocycles. The monoisotopic (exact) mass is 372 g/mol. The predicted molar refractivity (Wildman–Crippen MR) is 113 cm³/mol. The Balaban J connectivity index is 1.71. The first-order chi connectivity index (χ1) is 13.2. The van der Waals surface area contributed by atoms with Crippen LogP contribution in [0.5, 0.6) is 0 Å². The van der Waals surface area contributed by atoms with E-state index in [-0.39, 0.29) is 11.5 Å². The third-order valence-electron chi connectivity index (χ3n) is 4.93. The number of nitrogens with one attached hydrogen (secondary N) is 1. The Morgan fingerprint density at radius 2 is 1.37 bits per heavy atom. The minimum atomic E-state index is -0.0331. The van der Waals surface area contributed by atoms with Gasteiger partial charge in [0.2, 0.25) is 0 Å². The summed E-state index contributed by atoms with van der Waals surface area (Å²) in [5, 5.41) is 0.669. The van der Waals surface area contributed by atoms with Gasteiger partial charge in [-0.15, -0.1) is 0 Å². The minimum absolute atomic E-state index is 0.0331. The molecule has 0 radical (unpaired) electrons. The molecule has 1 heterocycles. The van der Waals surface area contributed by atoms with E-state index < -0.39 is 0 Å². The van der Waals surface area contributed by atoms with Crippen LogP contribution in [0.25, 0.3) is 10.9 Å². The number of para-hydroxylation sites is 1. The second-order valence-corrected chi connectivity index (χ2v) is 6.98. The van der Waals surface area contributed by atoms with E-state index in [1.165, 1.54) is 11.1 Å². The first kappa shape index (κ1) is 17.4. The second-order valence-electron chi connectivity index (χ2n) is 6.60. The van der Waals surface area contributed by atoms with Gasteiger partial charge >= 0.3 is 0 Å². The maximum atomic E-state index is 12.9. The number of aromatic nitrogens is 2. The molecule has 0 atom stereocenters. The van der Waals surface area contributed by atoms with Crippen LogP contribution in [0.3, 0.4) is 0 Å². The van der Waals surface area contributed by atoms with E-state index in [0.29, 0.717) is 16.7 Å². The van der Waals surface area contributed by atoms with Crippen LogP contribution in [0, 0.1) is 4.77 Å². The molecule has 27 heavy (non-hydrogen) atoms. The van der Waals surface area contributed by atoms with E-state index in [1.54, 1.807) is 4.57 Å². The van der Waals surface area contributed by atoms with Gasteiger partial charge in [-0.05, 0) is 41.9 Å². The lowest BCUT2D eigenvalue weighted by molar-refractivity contribution is 0.571. The highest BCUT2D eigenvalue weighted by molar-refractivity contribution is 7.71. The Kier molecular flexibility index (Phi) is 4.99. The highest BCUT2D eigenvalue weighted by atomic mass is 32.1. The molecule has 0 saturated carbocycles. The van der Waals surface area contributed by atoms with Crippen LogP contribution in [-0.2, 0) is 6.54 Å². The highest BCUT2D eigenvalue weighted by Crippen LogP contribution is 2.28. The number of benzene rings is 3. The topological polar surface area (TPSA) is 37.8 Å². The van der Waals surface area contributed by atoms with Crippen molar-refractivity contribution < 1.29 is 0 Å². The summed E-state index contributed by atoms with van der Waals surface area (Å²) in [6.45, 7) is 0.563. The molecule has 0 saturated heterocycles. The third kappa shape index (κ3) is 3.62. The zero-order chi connectivity index (χ0) is 18.6. The van der Waals surface area contributed by atoms with Crippen LogP contribution in [0.15, 0.2) is 89.7 Å². The third-order valence-corrected chi connectivity index (χ3v) is 5.26. The maximum Gasteiger partial charge on any atom is 0.262 e. The van der Waals surface area contributed by atoms with Crippen LogP contribution in [0.1, 0.15) is 23.5 Å². The van der Waals surface area contributed by atoms with E-state index in [1.807, 2.05) is 36.4 Å². The SMILES string of the molecule is O=c1c2ccccc2[nH]c(=S)n1CCC(c1ccccc1)c1ccccc1. The summed E-state index contributed by atoms with van der Waals surface area (Å²) in [7, 11) is 0. The average Bonchev–Trinajstić information content (AvgIpc) is 2.72. The van der Waals surface area contributed by atoms with Gasteiger partial charge in [-0.2, -0.15) is 0 Å². The van der Waals surface area contributed by atoms with Crippen molar-refractivity contribution in [1.82, 2.24) is 9.55 Å². The smallest absolute Gasteiger partial charge is 0.262 e. The standard InChI is InChI=1S/C23H20N2OS/c26-22-20-13-7-8-14-21(20)24-23(27)25(22)16-15-19(17-9-3-1-4-10-17)18-11-5-2-6-12-18/h1-14,19H,15-16H2,(H,24,27). The molecular formula is C23H20N2OS. The first-order valence-corrected chi connectivity index (χ1v) is 9.46. The molecule has 0 fully saturated rings. The summed E-state index contributed by atoms with van der Waals surface area (Å²) < 4.78 is 2.15. The van der Waals surface area contributed by atoms with Crippen molar-refractivity contribution in [3.8, 4) is 0 Å². The van der Waals surface area contributed by atoms with Crippen molar-refractivity contribution in [1.29, 1.82) is 0 Å². The van der Waals surface area contributed by atoms with E-state index in [0.717, 1.165) is 11.9 Å². The van der Waals surface area contributed by atoms with Crippen LogP contribution >= 0.6 is 12.2 Å². The maximum absolute atomic E-state index is 12.9. The van der Waals surface area contributed by atoms with Gasteiger partial charge in [0, 0.05) is 12.5 Å². The molecule has 4 aromatic rings. The fourth-order valence-corrected chi connectivity index (χ4v) is 3.84. The predicted octanol–water partition coefficient (Wildman–Crippen LogP) is 5.28. The van der Waals surface area contributed by atoms with E-state index in [2.05, 4.69) is 53.5 Å². The van der Waals surface area contributed by atoms with Crippen LogP contribution in [-0.4, -0.2) is 9.55 Å². The lowest BCUT2D eigenvalue weighted by atomic mass is 9.88. The normalized spacial score (nSPS) is 11.1. The highest BCUT2D eigenvalue weighted by Gasteiger charge is 2.15. The largest absolute Gasteiger partial charge is 0.332 e. The number of fused-ring (bicyclic) bond motifs is 1. The minimum Gasteiger partial charge on any atom is -0.332 e. The quantitative estimate of drug-likeness (QED) is 0.484. The lowest BCUT2D eigenvalue weighted by Crippen LogP contribution is -2.23. The number of hydrogen-bond donors (Lipinski definition) is 1. The Hall–Kier alpha value is -2.98. The van der Waals surface area contributed by atoms with Gasteiger partial charge in [-0.1, -0.05) is 72.8 Å². The molecule has 0 aliphatic carbocycles. The van der Waals surface area contributed by atoms with Crippen LogP contribution in [0.4, 0.5) is 0 Å². The number of aromatic amines is 1. The molecule has 0 aliphatic rings. The van der Waals surface area contributed by atoms with Gasteiger partial charge in [0.1, 0.15) is 0 Å². The van der Waals surface area contributed by atoms with Gasteiger partial charge < -0.3 is 4.98 Å². The van der Waals surface area contributed by atoms with Gasteiger partial charge in [0.15, 0.2) is 4.77 Å². The molecule has 4 heteroatoms. The number of nitrogens with zero attached hydrogens (tertiary/aromatic N) is 1. The van der Waals surface area contributed by atoms with Crippen LogP contribution in [0.2, 0.25) is 0 Å². The summed E-state index contributed by atoms with van der Waals surface area (Å²) in [4.78, 5) is 16.1. The van der Waals surface area contributed by atoms with Crippen molar-refractivity contribution in [2.75, 3.05) is 0 Å². The Labute approximate surface area is 162 Å². The summed E-state index contributed by atoms with van der Waals surface area (Å²) in [6.07, 6.45) is 0.795. The van der Waals surface area contributed by atoms with Crippen molar-refractivity contribution in [2.24, 2.45) is 0 Å². The van der Waals surface area contributed by atoms with E-state index in [4.69, 9.17) is 12.2 Å². The summed E-state index contributed by atoms with van der Waals surface area (Å²) >= 11 is 5.46. The van der Waals surface area contributed by atoms with Gasteiger partial charge in [-0.3, -0.25) is 9.36 Å². The van der Waals surface area contributed by atoms with Gasteiger partial charge in [-0.25, -0.2) is 0 Å². The van der Waals surface area contributed by atoms with Crippen molar-refractivity contribution in [3.05, 3.63) is 111 Å². The van der Waals surface area contributed by atoms with Gasteiger partial charge in [0.25, 0.3) is 5.56 Å². The Bertz CT molecular complexity index is 1120. The second kappa shape index (κ2) is 7.72. The Morgan fingerprint density at radius 3 is 2.00 bits per heavy atom. The molecule has 134 valence electrons. The van der Waals surface area contributed by atoms with Crippen LogP contribution < -0.4 is 5.56 Å². The molecule has 1 aromatic heterocycles. The zero-order valence-corrected chi connectivity index (χ0v) is 15.7. The Morgan fingerprint density at radius 1 is 0.815 bits per heavy atom. The fourth-order valence-electron chi connectivity index (χ4n) is 3.56. The lowest BCUT2D eigenvalue weighted by Gasteiger charge is -2.19. The average molecular weight is 372 g/mol. The molecule has 0 amide bonds. The van der Waals surface area contributed by atoms with E-state index in [9.17, 15) is 4.79 Å². The summed E-state index contributed by atoms with van der Waals surface area (Å²) in [5.41, 5.74) is 3.24. The number of hydrogen-bond acceptors (Lipinski definition) is 2. The molecule has 0 bridgehead atoms. The molecule has 3 nitrogen and oxygen atoms in total. The molecule has 1 N–H and O–H groups in total. The molecule has 0 aliphatic heterocycles. The van der Waals surface area contributed by atoms with Crippen molar-refractivity contribution in [2.45, 2.75) is 18.9 Å². The summed E-state index contributed by atoms with van der Waals surface area (Å²) in [5.74, 6) is 0.208. The summed E-state index contributed by atoms with van der Waals surface area (Å²) in [6, 6.07) is 28.3.